The number of benzene rings is 4. The van der Waals surface area contributed by atoms with E-state index in [0.29, 0.717) is 0 Å². The molecule has 0 N–H and O–H groups in total. The molecule has 4 aromatic rings. The van der Waals surface area contributed by atoms with Gasteiger partial charge in [-0.2, -0.15) is 0 Å². The van der Waals surface area contributed by atoms with Crippen molar-refractivity contribution in [1.82, 2.24) is 0 Å². The van der Waals surface area contributed by atoms with Crippen molar-refractivity contribution in [3.63, 3.8) is 0 Å². The third kappa shape index (κ3) is 3.35. The third-order valence-electron chi connectivity index (χ3n) is 8.95. The molecule has 1 fully saturated rings. The van der Waals surface area contributed by atoms with E-state index >= 15 is 0 Å². The maximum Gasteiger partial charge on any atom is 0.0134 e. The van der Waals surface area contributed by atoms with Gasteiger partial charge in [-0.1, -0.05) is 126 Å². The molecular weight excluding hydrogens is 432 g/mol. The molecule has 36 heavy (non-hydrogen) atoms. The molecule has 7 rings (SSSR count). The van der Waals surface area contributed by atoms with Crippen molar-refractivity contribution in [3.05, 3.63) is 129 Å². The van der Waals surface area contributed by atoms with E-state index in [1.807, 2.05) is 0 Å². The minimum atomic E-state index is 0.229. The normalized spacial score (nSPS) is 17.2. The van der Waals surface area contributed by atoms with Gasteiger partial charge in [-0.3, -0.25) is 0 Å². The van der Waals surface area contributed by atoms with Crippen LogP contribution in [0.15, 0.2) is 96.1 Å². The molecule has 4 aromatic carbocycles. The molecule has 0 bridgehead atoms. The molecule has 3 aliphatic carbocycles. The van der Waals surface area contributed by atoms with E-state index in [1.54, 1.807) is 11.1 Å². The molecule has 0 atom stereocenters. The quantitative estimate of drug-likeness (QED) is 0.282. The zero-order valence-electron chi connectivity index (χ0n) is 21.3. The van der Waals surface area contributed by atoms with Gasteiger partial charge in [0.1, 0.15) is 0 Å². The molecule has 1 saturated carbocycles. The lowest BCUT2D eigenvalue weighted by Gasteiger charge is -2.45. The monoisotopic (exact) mass is 464 g/mol. The molecular formula is C36H32. The van der Waals surface area contributed by atoms with Crippen LogP contribution >= 0.6 is 0 Å². The van der Waals surface area contributed by atoms with Crippen LogP contribution in [0.25, 0.3) is 34.4 Å². The third-order valence-corrected chi connectivity index (χ3v) is 8.95. The Morgan fingerprint density at radius 1 is 0.528 bits per heavy atom. The highest BCUT2D eigenvalue weighted by Crippen LogP contribution is 2.58. The molecule has 0 heteroatoms. The maximum absolute atomic E-state index is 2.56. The Morgan fingerprint density at radius 3 is 1.36 bits per heavy atom. The standard InChI is InChI=1S/C36H32/c1-24-10-14-26(15-11-24)32-8-3-6-28-20-30(22-34(28)32)36(18-5-19-36)31-21-29-7-4-9-33(35(29)23-31)27-16-12-25(2)13-17-27/h3-4,6-17,22-23H,5,18-21H2,1-2H3. The van der Waals surface area contributed by atoms with Crippen molar-refractivity contribution in [2.75, 3.05) is 0 Å². The van der Waals surface area contributed by atoms with E-state index in [2.05, 4.69) is 111 Å². The van der Waals surface area contributed by atoms with Gasteiger partial charge in [0.25, 0.3) is 0 Å². The molecule has 0 spiro atoms. The topological polar surface area (TPSA) is 0 Å². The highest BCUT2D eigenvalue weighted by atomic mass is 14.5. The van der Waals surface area contributed by atoms with Crippen LogP contribution in [-0.4, -0.2) is 0 Å². The molecule has 0 unspecified atom stereocenters. The molecule has 0 nitrogen and oxygen atoms in total. The van der Waals surface area contributed by atoms with Crippen LogP contribution < -0.4 is 0 Å². The van der Waals surface area contributed by atoms with E-state index in [0.717, 1.165) is 12.8 Å². The second-order valence-electron chi connectivity index (χ2n) is 11.1. The Hall–Kier alpha value is -3.64. The Labute approximate surface area is 215 Å². The van der Waals surface area contributed by atoms with Crippen LogP contribution in [0, 0.1) is 19.3 Å². The zero-order valence-corrected chi connectivity index (χ0v) is 21.3. The fourth-order valence-corrected chi connectivity index (χ4v) is 6.70. The van der Waals surface area contributed by atoms with Crippen molar-refractivity contribution < 1.29 is 0 Å². The number of hydrogen-bond acceptors (Lipinski definition) is 0. The van der Waals surface area contributed by atoms with Gasteiger partial charge in [0.2, 0.25) is 0 Å². The summed E-state index contributed by atoms with van der Waals surface area (Å²) in [4.78, 5) is 0. The Morgan fingerprint density at radius 2 is 0.972 bits per heavy atom. The maximum atomic E-state index is 2.56. The van der Waals surface area contributed by atoms with Crippen LogP contribution in [0.4, 0.5) is 0 Å². The largest absolute Gasteiger partial charge is 0.0613 e. The predicted molar refractivity (Wildman–Crippen MR) is 153 cm³/mol. The average Bonchev–Trinajstić information content (AvgIpc) is 3.49. The summed E-state index contributed by atoms with van der Waals surface area (Å²) in [6.45, 7) is 4.32. The van der Waals surface area contributed by atoms with Gasteiger partial charge in [-0.05, 0) is 84.0 Å². The van der Waals surface area contributed by atoms with E-state index < -0.39 is 0 Å². The molecule has 0 aliphatic heterocycles. The Bertz CT molecular complexity index is 1420. The summed E-state index contributed by atoms with van der Waals surface area (Å²) in [7, 11) is 0. The number of aryl methyl sites for hydroxylation is 2. The minimum Gasteiger partial charge on any atom is -0.0613 e. The first-order valence-corrected chi connectivity index (χ1v) is 13.4. The first kappa shape index (κ1) is 21.6. The molecule has 0 amide bonds. The van der Waals surface area contributed by atoms with Gasteiger partial charge in [-0.15, -0.1) is 0 Å². The summed E-state index contributed by atoms with van der Waals surface area (Å²) in [5.41, 5.74) is 17.4. The number of allylic oxidation sites excluding steroid dienone is 2. The second kappa shape index (κ2) is 8.20. The first-order chi connectivity index (χ1) is 17.6. The molecule has 0 radical (unpaired) electrons. The Balaban J connectivity index is 1.28. The lowest BCUT2D eigenvalue weighted by molar-refractivity contribution is 0.235. The SMILES string of the molecule is Cc1ccc(-c2cccc3c2C=C(C2(C4=Cc5c(cccc5-c5ccc(C)cc5)C4)CCC2)C3)cc1. The summed E-state index contributed by atoms with van der Waals surface area (Å²) in [5.74, 6) is 0. The summed E-state index contributed by atoms with van der Waals surface area (Å²) < 4.78 is 0. The van der Waals surface area contributed by atoms with Crippen molar-refractivity contribution in [2.24, 2.45) is 5.41 Å². The number of hydrogen-bond donors (Lipinski definition) is 0. The Kier molecular flexibility index (Phi) is 4.93. The van der Waals surface area contributed by atoms with Crippen molar-refractivity contribution in [2.45, 2.75) is 46.0 Å². The van der Waals surface area contributed by atoms with Crippen LogP contribution in [0.3, 0.4) is 0 Å². The highest BCUT2D eigenvalue weighted by molar-refractivity contribution is 5.84. The molecule has 0 saturated heterocycles. The minimum absolute atomic E-state index is 0.229. The lowest BCUT2D eigenvalue weighted by Crippen LogP contribution is -2.34. The van der Waals surface area contributed by atoms with Crippen molar-refractivity contribution >= 4 is 12.2 Å². The van der Waals surface area contributed by atoms with Crippen LogP contribution in [0.2, 0.25) is 0 Å². The summed E-state index contributed by atoms with van der Waals surface area (Å²) in [6, 6.07) is 31.8. The second-order valence-corrected chi connectivity index (χ2v) is 11.1. The smallest absolute Gasteiger partial charge is 0.0134 e. The van der Waals surface area contributed by atoms with E-state index in [9.17, 15) is 0 Å². The lowest BCUT2D eigenvalue weighted by atomic mass is 9.59. The van der Waals surface area contributed by atoms with Gasteiger partial charge in [-0.25, -0.2) is 0 Å². The average molecular weight is 465 g/mol. The van der Waals surface area contributed by atoms with Gasteiger partial charge >= 0.3 is 0 Å². The van der Waals surface area contributed by atoms with Gasteiger partial charge in [0, 0.05) is 5.41 Å². The summed E-state index contributed by atoms with van der Waals surface area (Å²) in [5, 5.41) is 0. The fraction of sp³-hybridized carbons (Fsp3) is 0.222. The zero-order chi connectivity index (χ0) is 24.3. The number of rotatable bonds is 4. The van der Waals surface area contributed by atoms with Gasteiger partial charge in [0.05, 0.1) is 0 Å². The van der Waals surface area contributed by atoms with Crippen molar-refractivity contribution in [1.29, 1.82) is 0 Å². The number of fused-ring (bicyclic) bond motifs is 2. The predicted octanol–water partition coefficient (Wildman–Crippen LogP) is 9.39. The first-order valence-electron chi connectivity index (χ1n) is 13.4. The van der Waals surface area contributed by atoms with Crippen LogP contribution in [0.1, 0.15) is 52.6 Å². The van der Waals surface area contributed by atoms with E-state index in [-0.39, 0.29) is 5.41 Å². The molecule has 0 aromatic heterocycles. The molecule has 0 heterocycles. The summed E-state index contributed by atoms with van der Waals surface area (Å²) >= 11 is 0. The fourth-order valence-electron chi connectivity index (χ4n) is 6.70. The molecule has 176 valence electrons. The highest BCUT2D eigenvalue weighted by Gasteiger charge is 2.45. The molecule has 3 aliphatic rings. The van der Waals surface area contributed by atoms with E-state index in [1.165, 1.54) is 74.9 Å². The van der Waals surface area contributed by atoms with Crippen LogP contribution in [-0.2, 0) is 12.8 Å². The van der Waals surface area contributed by atoms with Crippen molar-refractivity contribution in [3.8, 4) is 22.3 Å². The van der Waals surface area contributed by atoms with Gasteiger partial charge in [0.15, 0.2) is 0 Å². The van der Waals surface area contributed by atoms with Gasteiger partial charge < -0.3 is 0 Å². The summed E-state index contributed by atoms with van der Waals surface area (Å²) in [6.07, 6.45) is 11.2. The van der Waals surface area contributed by atoms with E-state index in [4.69, 9.17) is 0 Å². The van der Waals surface area contributed by atoms with Crippen LogP contribution in [0.5, 0.6) is 0 Å².